The predicted molar refractivity (Wildman–Crippen MR) is 106 cm³/mol. The van der Waals surface area contributed by atoms with Gasteiger partial charge in [-0.25, -0.2) is 0 Å². The summed E-state index contributed by atoms with van der Waals surface area (Å²) in [5.74, 6) is 1.06. The number of thioether (sulfide) groups is 1. The van der Waals surface area contributed by atoms with E-state index < -0.39 is 0 Å². The Hall–Kier alpha value is -1.45. The second-order valence-electron chi connectivity index (χ2n) is 6.58. The third kappa shape index (κ3) is 5.26. The number of benzene rings is 2. The highest BCUT2D eigenvalue weighted by Crippen LogP contribution is 2.25. The summed E-state index contributed by atoms with van der Waals surface area (Å²) in [5, 5.41) is 3.88. The largest absolute Gasteiger partial charge is 0.350 e. The summed E-state index contributed by atoms with van der Waals surface area (Å²) in [6.45, 7) is 2.07. The van der Waals surface area contributed by atoms with Crippen molar-refractivity contribution < 1.29 is 4.79 Å². The van der Waals surface area contributed by atoms with Gasteiger partial charge >= 0.3 is 0 Å². The van der Waals surface area contributed by atoms with Crippen molar-refractivity contribution in [2.45, 2.75) is 50.0 Å². The molecule has 0 saturated heterocycles. The Morgan fingerprint density at radius 2 is 1.92 bits per heavy atom. The lowest BCUT2D eigenvalue weighted by Gasteiger charge is -2.15. The molecule has 0 heterocycles. The van der Waals surface area contributed by atoms with E-state index in [1.165, 1.54) is 40.8 Å². The molecule has 1 unspecified atom stereocenters. The van der Waals surface area contributed by atoms with E-state index >= 15 is 0 Å². The van der Waals surface area contributed by atoms with Crippen LogP contribution in [-0.2, 0) is 17.6 Å². The predicted octanol–water partition coefficient (Wildman–Crippen LogP) is 5.58. The average molecular weight is 374 g/mol. The van der Waals surface area contributed by atoms with Crippen molar-refractivity contribution in [3.63, 3.8) is 0 Å². The smallest absolute Gasteiger partial charge is 0.220 e. The summed E-state index contributed by atoms with van der Waals surface area (Å²) >= 11 is 7.64. The molecule has 0 radical (unpaired) electrons. The lowest BCUT2D eigenvalue weighted by Crippen LogP contribution is -2.26. The van der Waals surface area contributed by atoms with Gasteiger partial charge in [0, 0.05) is 16.3 Å². The van der Waals surface area contributed by atoms with Crippen molar-refractivity contribution in [2.24, 2.45) is 0 Å². The molecule has 0 saturated carbocycles. The molecule has 0 fully saturated rings. The van der Waals surface area contributed by atoms with E-state index in [0.717, 1.165) is 17.2 Å². The van der Waals surface area contributed by atoms with Crippen LogP contribution in [0.1, 0.15) is 48.9 Å². The fourth-order valence-corrected chi connectivity index (χ4v) is 4.19. The minimum absolute atomic E-state index is 0.0716. The molecule has 1 aliphatic carbocycles. The number of aryl methyl sites for hydroxylation is 2. The third-order valence-electron chi connectivity index (χ3n) is 4.63. The van der Waals surface area contributed by atoms with Crippen molar-refractivity contribution in [2.75, 3.05) is 5.75 Å². The molecular formula is C21H24ClNOS. The summed E-state index contributed by atoms with van der Waals surface area (Å²) in [4.78, 5) is 13.4. The maximum absolute atomic E-state index is 12.2. The van der Waals surface area contributed by atoms with Crippen LogP contribution in [0.3, 0.4) is 0 Å². The van der Waals surface area contributed by atoms with Crippen LogP contribution in [0.2, 0.25) is 5.02 Å². The molecule has 1 amide bonds. The number of carbonyl (C=O) groups excluding carboxylic acids is 1. The number of hydrogen-bond donors (Lipinski definition) is 1. The highest BCUT2D eigenvalue weighted by Gasteiger charge is 2.14. The van der Waals surface area contributed by atoms with Gasteiger partial charge in [0.1, 0.15) is 0 Å². The van der Waals surface area contributed by atoms with Gasteiger partial charge in [0.25, 0.3) is 0 Å². The van der Waals surface area contributed by atoms with Gasteiger partial charge in [-0.3, -0.25) is 4.79 Å². The van der Waals surface area contributed by atoms with Crippen molar-refractivity contribution in [1.82, 2.24) is 5.32 Å². The molecule has 25 heavy (non-hydrogen) atoms. The molecule has 2 aromatic rings. The Bertz CT molecular complexity index is 729. The van der Waals surface area contributed by atoms with Gasteiger partial charge in [-0.05, 0) is 79.3 Å². The maximum Gasteiger partial charge on any atom is 0.220 e. The quantitative estimate of drug-likeness (QED) is 0.507. The van der Waals surface area contributed by atoms with Gasteiger partial charge in [0.15, 0.2) is 0 Å². The number of rotatable bonds is 7. The van der Waals surface area contributed by atoms with Gasteiger partial charge in [0.2, 0.25) is 5.91 Å². The lowest BCUT2D eigenvalue weighted by molar-refractivity contribution is -0.121. The molecule has 1 aliphatic rings. The van der Waals surface area contributed by atoms with Crippen molar-refractivity contribution >= 4 is 29.3 Å². The number of hydrogen-bond acceptors (Lipinski definition) is 2. The molecule has 2 nitrogen and oxygen atoms in total. The van der Waals surface area contributed by atoms with Crippen molar-refractivity contribution in [3.8, 4) is 0 Å². The number of amides is 1. The maximum atomic E-state index is 12.2. The SMILES string of the molecule is CC(NC(=O)CCCSc1ccc(Cl)cc1)c1ccc2c(c1)CCC2. The second-order valence-corrected chi connectivity index (χ2v) is 8.18. The van der Waals surface area contributed by atoms with E-state index in [0.29, 0.717) is 6.42 Å². The zero-order chi connectivity index (χ0) is 17.6. The van der Waals surface area contributed by atoms with Crippen LogP contribution in [0.25, 0.3) is 0 Å². The third-order valence-corrected chi connectivity index (χ3v) is 5.98. The highest BCUT2D eigenvalue weighted by atomic mass is 35.5. The molecule has 1 N–H and O–H groups in total. The van der Waals surface area contributed by atoms with Crippen LogP contribution in [0.4, 0.5) is 0 Å². The minimum Gasteiger partial charge on any atom is -0.350 e. The lowest BCUT2D eigenvalue weighted by atomic mass is 10.0. The Kier molecular flexibility index (Phi) is 6.44. The monoisotopic (exact) mass is 373 g/mol. The standard InChI is InChI=1S/C21H24ClNOS/c1-15(17-8-7-16-4-2-5-18(16)14-17)23-21(24)6-3-13-25-20-11-9-19(22)10-12-20/h7-12,14-15H,2-6,13H2,1H3,(H,23,24). The molecule has 3 rings (SSSR count). The van der Waals surface area contributed by atoms with E-state index in [2.05, 4.69) is 30.4 Å². The second kappa shape index (κ2) is 8.77. The molecule has 0 aliphatic heterocycles. The minimum atomic E-state index is 0.0716. The molecule has 1 atom stereocenters. The van der Waals surface area contributed by atoms with Crippen molar-refractivity contribution in [3.05, 3.63) is 64.2 Å². The Balaban J connectivity index is 1.40. The Labute approximate surface area is 159 Å². The van der Waals surface area contributed by atoms with Gasteiger partial charge in [-0.1, -0.05) is 29.8 Å². The zero-order valence-corrected chi connectivity index (χ0v) is 16.1. The summed E-state index contributed by atoms with van der Waals surface area (Å²) < 4.78 is 0. The molecular weight excluding hydrogens is 350 g/mol. The van der Waals surface area contributed by atoms with Crippen LogP contribution in [-0.4, -0.2) is 11.7 Å². The number of fused-ring (bicyclic) bond motifs is 1. The zero-order valence-electron chi connectivity index (χ0n) is 14.6. The fraction of sp³-hybridized carbons (Fsp3) is 0.381. The van der Waals surface area contributed by atoms with Crippen LogP contribution in [0.15, 0.2) is 47.4 Å². The van der Waals surface area contributed by atoms with Crippen LogP contribution >= 0.6 is 23.4 Å². The molecule has 0 bridgehead atoms. The van der Waals surface area contributed by atoms with Gasteiger partial charge in [-0.15, -0.1) is 11.8 Å². The molecule has 0 spiro atoms. The summed E-state index contributed by atoms with van der Waals surface area (Å²) in [6.07, 6.45) is 5.06. The van der Waals surface area contributed by atoms with Crippen LogP contribution < -0.4 is 5.32 Å². The van der Waals surface area contributed by atoms with E-state index in [1.54, 1.807) is 11.8 Å². The first-order valence-corrected chi connectivity index (χ1v) is 10.3. The molecule has 0 aromatic heterocycles. The number of halogens is 1. The van der Waals surface area contributed by atoms with Crippen LogP contribution in [0.5, 0.6) is 0 Å². The Morgan fingerprint density at radius 1 is 1.16 bits per heavy atom. The van der Waals surface area contributed by atoms with Gasteiger partial charge < -0.3 is 5.32 Å². The summed E-state index contributed by atoms with van der Waals surface area (Å²) in [7, 11) is 0. The molecule has 132 valence electrons. The normalized spacial score (nSPS) is 14.2. The number of carbonyl (C=O) groups is 1. The first-order valence-electron chi connectivity index (χ1n) is 8.91. The average Bonchev–Trinajstić information content (AvgIpc) is 3.08. The van der Waals surface area contributed by atoms with Crippen LogP contribution in [0, 0.1) is 0 Å². The molecule has 2 aromatic carbocycles. The van der Waals surface area contributed by atoms with Gasteiger partial charge in [-0.2, -0.15) is 0 Å². The number of nitrogens with one attached hydrogen (secondary N) is 1. The fourth-order valence-electron chi connectivity index (χ4n) is 3.21. The van der Waals surface area contributed by atoms with Gasteiger partial charge in [0.05, 0.1) is 6.04 Å². The molecule has 4 heteroatoms. The topological polar surface area (TPSA) is 29.1 Å². The van der Waals surface area contributed by atoms with E-state index in [1.807, 2.05) is 24.3 Å². The highest BCUT2D eigenvalue weighted by molar-refractivity contribution is 7.99. The summed E-state index contributed by atoms with van der Waals surface area (Å²) in [5.41, 5.74) is 4.14. The first-order chi connectivity index (χ1) is 12.1. The summed E-state index contributed by atoms with van der Waals surface area (Å²) in [6, 6.07) is 14.6. The van der Waals surface area contributed by atoms with E-state index in [9.17, 15) is 4.79 Å². The van der Waals surface area contributed by atoms with Crippen molar-refractivity contribution in [1.29, 1.82) is 0 Å². The van der Waals surface area contributed by atoms with E-state index in [4.69, 9.17) is 11.6 Å². The van der Waals surface area contributed by atoms with E-state index in [-0.39, 0.29) is 11.9 Å². The first kappa shape index (κ1) is 18.3. The Morgan fingerprint density at radius 3 is 2.72 bits per heavy atom.